The first kappa shape index (κ1) is 14.1. The summed E-state index contributed by atoms with van der Waals surface area (Å²) >= 11 is 0. The van der Waals surface area contributed by atoms with Gasteiger partial charge < -0.3 is 10.1 Å². The largest absolute Gasteiger partial charge is 0.469 e. The fraction of sp³-hybridized carbons (Fsp3) is 0.333. The van der Waals surface area contributed by atoms with Gasteiger partial charge >= 0.3 is 5.97 Å². The van der Waals surface area contributed by atoms with Crippen LogP contribution in [0.2, 0.25) is 0 Å². The van der Waals surface area contributed by atoms with E-state index in [0.29, 0.717) is 0 Å². The van der Waals surface area contributed by atoms with Crippen molar-refractivity contribution in [1.82, 2.24) is 0 Å². The summed E-state index contributed by atoms with van der Waals surface area (Å²) in [5.41, 5.74) is -0.514. The molecule has 0 spiro atoms. The Bertz CT molecular complexity index is 442. The molecule has 0 fully saturated rings. The van der Waals surface area contributed by atoms with Crippen molar-refractivity contribution < 1.29 is 23.1 Å². The molecule has 1 atom stereocenters. The number of carbonyl (C=O) groups is 2. The first-order chi connectivity index (χ1) is 8.45. The van der Waals surface area contributed by atoms with E-state index in [9.17, 15) is 18.4 Å². The van der Waals surface area contributed by atoms with E-state index < -0.39 is 35.1 Å². The number of halogens is 2. The molecule has 1 N–H and O–H groups in total. The number of anilines is 1. The lowest BCUT2D eigenvalue weighted by Gasteiger charge is -2.10. The molecule has 0 heterocycles. The molecule has 0 bridgehead atoms. The molecule has 0 saturated heterocycles. The highest BCUT2D eigenvalue weighted by molar-refractivity contribution is 5.93. The van der Waals surface area contributed by atoms with Crippen LogP contribution in [-0.2, 0) is 14.3 Å². The molecule has 0 aliphatic rings. The normalized spacial score (nSPS) is 11.8. The highest BCUT2D eigenvalue weighted by Gasteiger charge is 2.19. The number of para-hydroxylation sites is 1. The average Bonchev–Trinajstić information content (AvgIpc) is 2.32. The van der Waals surface area contributed by atoms with E-state index in [4.69, 9.17) is 0 Å². The number of hydrogen-bond acceptors (Lipinski definition) is 3. The summed E-state index contributed by atoms with van der Waals surface area (Å²) < 4.78 is 30.9. The molecule has 98 valence electrons. The van der Waals surface area contributed by atoms with E-state index in [1.807, 2.05) is 0 Å². The summed E-state index contributed by atoms with van der Waals surface area (Å²) in [4.78, 5) is 22.6. The van der Waals surface area contributed by atoms with Crippen molar-refractivity contribution in [2.45, 2.75) is 13.3 Å². The van der Waals surface area contributed by atoms with Gasteiger partial charge in [0.25, 0.3) is 0 Å². The van der Waals surface area contributed by atoms with Gasteiger partial charge in [0.2, 0.25) is 5.91 Å². The van der Waals surface area contributed by atoms with Crippen LogP contribution in [-0.4, -0.2) is 19.0 Å². The number of hydrogen-bond donors (Lipinski definition) is 1. The Morgan fingerprint density at radius 1 is 1.33 bits per heavy atom. The lowest BCUT2D eigenvalue weighted by Crippen LogP contribution is -2.22. The highest BCUT2D eigenvalue weighted by Crippen LogP contribution is 2.18. The molecule has 0 aliphatic heterocycles. The first-order valence-corrected chi connectivity index (χ1v) is 5.27. The number of benzene rings is 1. The molecule has 0 aliphatic carbocycles. The zero-order valence-electron chi connectivity index (χ0n) is 10.00. The van der Waals surface area contributed by atoms with Crippen LogP contribution in [0, 0.1) is 17.6 Å². The zero-order valence-corrected chi connectivity index (χ0v) is 10.00. The van der Waals surface area contributed by atoms with Crippen LogP contribution in [0.1, 0.15) is 13.3 Å². The Morgan fingerprint density at radius 3 is 2.39 bits per heavy atom. The van der Waals surface area contributed by atoms with Crippen LogP contribution in [0.15, 0.2) is 18.2 Å². The topological polar surface area (TPSA) is 55.4 Å². The Labute approximate surface area is 103 Å². The maximum Gasteiger partial charge on any atom is 0.308 e. The summed E-state index contributed by atoms with van der Waals surface area (Å²) in [6, 6.07) is 3.25. The summed E-state index contributed by atoms with van der Waals surface area (Å²) in [7, 11) is 1.20. The van der Waals surface area contributed by atoms with Gasteiger partial charge in [-0.2, -0.15) is 0 Å². The molecule has 18 heavy (non-hydrogen) atoms. The van der Waals surface area contributed by atoms with Crippen LogP contribution >= 0.6 is 0 Å². The minimum absolute atomic E-state index is 0.208. The van der Waals surface area contributed by atoms with Gasteiger partial charge in [0.1, 0.15) is 17.3 Å². The maximum atomic E-state index is 13.2. The molecule has 0 saturated carbocycles. The third kappa shape index (κ3) is 3.51. The molecule has 6 heteroatoms. The van der Waals surface area contributed by atoms with Crippen molar-refractivity contribution >= 4 is 17.6 Å². The molecule has 1 aromatic rings. The number of nitrogens with one attached hydrogen (secondary N) is 1. The number of amides is 1. The number of rotatable bonds is 4. The van der Waals surface area contributed by atoms with E-state index in [1.165, 1.54) is 20.1 Å². The Morgan fingerprint density at radius 2 is 1.89 bits per heavy atom. The van der Waals surface area contributed by atoms with Gasteiger partial charge in [-0.3, -0.25) is 9.59 Å². The summed E-state index contributed by atoms with van der Waals surface area (Å²) in [6.07, 6.45) is -0.208. The SMILES string of the molecule is COC(=O)C(C)CC(=O)Nc1c(F)cccc1F. The molecule has 4 nitrogen and oxygen atoms in total. The van der Waals surface area contributed by atoms with Crippen molar-refractivity contribution in [3.05, 3.63) is 29.8 Å². The Hall–Kier alpha value is -1.98. The Kier molecular flexibility index (Phi) is 4.76. The third-order valence-corrected chi connectivity index (χ3v) is 2.32. The fourth-order valence-electron chi connectivity index (χ4n) is 1.37. The predicted octanol–water partition coefficient (Wildman–Crippen LogP) is 2.10. The molecular formula is C12H13F2NO3. The lowest BCUT2D eigenvalue weighted by atomic mass is 10.1. The Balaban J connectivity index is 2.68. The standard InChI is InChI=1S/C12H13F2NO3/c1-7(12(17)18-2)6-10(16)15-11-8(13)4-3-5-9(11)14/h3-5,7H,6H2,1-2H3,(H,15,16). The van der Waals surface area contributed by atoms with Crippen LogP contribution in [0.25, 0.3) is 0 Å². The highest BCUT2D eigenvalue weighted by atomic mass is 19.1. The third-order valence-electron chi connectivity index (χ3n) is 2.32. The van der Waals surface area contributed by atoms with E-state index >= 15 is 0 Å². The smallest absolute Gasteiger partial charge is 0.308 e. The van der Waals surface area contributed by atoms with Crippen LogP contribution in [0.5, 0.6) is 0 Å². The number of esters is 1. The van der Waals surface area contributed by atoms with Crippen LogP contribution < -0.4 is 5.32 Å². The maximum absolute atomic E-state index is 13.2. The van der Waals surface area contributed by atoms with Gasteiger partial charge in [0, 0.05) is 6.42 Å². The molecule has 1 amide bonds. The van der Waals surface area contributed by atoms with Gasteiger partial charge in [-0.1, -0.05) is 13.0 Å². The molecule has 0 aromatic heterocycles. The van der Waals surface area contributed by atoms with Crippen molar-refractivity contribution in [3.63, 3.8) is 0 Å². The van der Waals surface area contributed by atoms with E-state index in [-0.39, 0.29) is 6.42 Å². The second-order valence-corrected chi connectivity index (χ2v) is 3.77. The monoisotopic (exact) mass is 257 g/mol. The summed E-state index contributed by atoms with van der Waals surface area (Å²) in [5, 5.41) is 2.09. The van der Waals surface area contributed by atoms with Crippen LogP contribution in [0.3, 0.4) is 0 Å². The molecule has 1 rings (SSSR count). The number of carbonyl (C=O) groups excluding carboxylic acids is 2. The van der Waals surface area contributed by atoms with Gasteiger partial charge in [-0.25, -0.2) is 8.78 Å². The molecule has 1 unspecified atom stereocenters. The van der Waals surface area contributed by atoms with Gasteiger partial charge in [-0.15, -0.1) is 0 Å². The zero-order chi connectivity index (χ0) is 13.7. The van der Waals surface area contributed by atoms with Gasteiger partial charge in [0.05, 0.1) is 13.0 Å². The van der Waals surface area contributed by atoms with Crippen LogP contribution in [0.4, 0.5) is 14.5 Å². The van der Waals surface area contributed by atoms with Gasteiger partial charge in [-0.05, 0) is 12.1 Å². The van der Waals surface area contributed by atoms with Crippen molar-refractivity contribution in [3.8, 4) is 0 Å². The first-order valence-electron chi connectivity index (χ1n) is 5.27. The fourth-order valence-corrected chi connectivity index (χ4v) is 1.37. The van der Waals surface area contributed by atoms with Crippen molar-refractivity contribution in [2.75, 3.05) is 12.4 Å². The minimum atomic E-state index is -0.867. The second-order valence-electron chi connectivity index (χ2n) is 3.77. The quantitative estimate of drug-likeness (QED) is 0.840. The van der Waals surface area contributed by atoms with E-state index in [2.05, 4.69) is 10.1 Å². The average molecular weight is 257 g/mol. The summed E-state index contributed by atoms with van der Waals surface area (Å²) in [5.74, 6) is -3.62. The van der Waals surface area contributed by atoms with E-state index in [1.54, 1.807) is 0 Å². The molecule has 1 aromatic carbocycles. The van der Waals surface area contributed by atoms with Crippen molar-refractivity contribution in [2.24, 2.45) is 5.92 Å². The lowest BCUT2D eigenvalue weighted by molar-refractivity contribution is -0.146. The van der Waals surface area contributed by atoms with E-state index in [0.717, 1.165) is 12.1 Å². The van der Waals surface area contributed by atoms with Crippen molar-refractivity contribution in [1.29, 1.82) is 0 Å². The molecule has 0 radical (unpaired) electrons. The minimum Gasteiger partial charge on any atom is -0.469 e. The number of methoxy groups -OCH3 is 1. The predicted molar refractivity (Wildman–Crippen MR) is 60.8 cm³/mol. The summed E-state index contributed by atoms with van der Waals surface area (Å²) in [6.45, 7) is 1.49. The van der Waals surface area contributed by atoms with Gasteiger partial charge in [0.15, 0.2) is 0 Å². The molecular weight excluding hydrogens is 244 g/mol. The number of ether oxygens (including phenoxy) is 1. The second kappa shape index (κ2) is 6.09.